The molecule has 0 fully saturated rings. The first kappa shape index (κ1) is 11.0. The molecule has 2 aromatic heterocycles. The lowest BCUT2D eigenvalue weighted by Gasteiger charge is -2.05. The highest BCUT2D eigenvalue weighted by atomic mass is 16.1. The largest absolute Gasteiger partial charge is 0.359 e. The number of carbonyl (C=O) groups excluding carboxylic acids is 1. The summed E-state index contributed by atoms with van der Waals surface area (Å²) in [6.07, 6.45) is 1.95. The van der Waals surface area contributed by atoms with Gasteiger partial charge in [0.15, 0.2) is 0 Å². The van der Waals surface area contributed by atoms with E-state index in [9.17, 15) is 4.79 Å². The van der Waals surface area contributed by atoms with Crippen LogP contribution in [0.3, 0.4) is 0 Å². The summed E-state index contributed by atoms with van der Waals surface area (Å²) in [5, 5.41) is 6.31. The van der Waals surface area contributed by atoms with Crippen molar-refractivity contribution in [3.63, 3.8) is 0 Å². The van der Waals surface area contributed by atoms with Crippen molar-refractivity contribution in [2.75, 3.05) is 0 Å². The zero-order valence-electron chi connectivity index (χ0n) is 11.5. The number of hydrogen-bond donors (Lipinski definition) is 2. The van der Waals surface area contributed by atoms with Gasteiger partial charge in [0.1, 0.15) is 0 Å². The number of aromatic amines is 1. The zero-order valence-corrected chi connectivity index (χ0v) is 11.5. The molecule has 0 atom stereocenters. The molecule has 0 saturated heterocycles. The fourth-order valence-corrected chi connectivity index (χ4v) is 3.73. The Morgan fingerprint density at radius 3 is 2.90 bits per heavy atom. The van der Waals surface area contributed by atoms with Gasteiger partial charge in [-0.25, -0.2) is 0 Å². The van der Waals surface area contributed by atoms with Crippen molar-refractivity contribution < 1.29 is 4.79 Å². The summed E-state index contributed by atoms with van der Waals surface area (Å²) in [6, 6.07) is 10.3. The van der Waals surface area contributed by atoms with Gasteiger partial charge in [-0.1, -0.05) is 18.2 Å². The first-order valence-electron chi connectivity index (χ1n) is 7.04. The Labute approximate surface area is 120 Å². The molecule has 1 aliphatic rings. The molecule has 102 valence electrons. The lowest BCUT2D eigenvalue weighted by Crippen LogP contribution is -2.12. The molecule has 5 rings (SSSR count). The van der Waals surface area contributed by atoms with E-state index in [1.165, 1.54) is 0 Å². The van der Waals surface area contributed by atoms with Gasteiger partial charge < -0.3 is 14.9 Å². The summed E-state index contributed by atoms with van der Waals surface area (Å²) < 4.78 is 2.18. The van der Waals surface area contributed by atoms with Crippen LogP contribution >= 0.6 is 0 Å². The number of H-pyrrole nitrogens is 1. The van der Waals surface area contributed by atoms with Gasteiger partial charge in [0.2, 0.25) is 0 Å². The van der Waals surface area contributed by atoms with Crippen molar-refractivity contribution in [3.8, 4) is 0 Å². The SMILES string of the molecule is Cn1c2ccccc2c2c3c(c4cc[nH]c4c21)CNC3=O. The number of amides is 1. The Bertz CT molecular complexity index is 1070. The Balaban J connectivity index is 2.22. The van der Waals surface area contributed by atoms with Crippen LogP contribution in [-0.4, -0.2) is 15.5 Å². The van der Waals surface area contributed by atoms with Crippen LogP contribution < -0.4 is 5.32 Å². The highest BCUT2D eigenvalue weighted by Gasteiger charge is 2.28. The number of nitrogens with zero attached hydrogens (tertiary/aromatic N) is 1. The molecule has 21 heavy (non-hydrogen) atoms. The molecule has 1 amide bonds. The minimum absolute atomic E-state index is 0.0365. The summed E-state index contributed by atoms with van der Waals surface area (Å²) in [5.74, 6) is 0.0365. The number of rotatable bonds is 0. The highest BCUT2D eigenvalue weighted by molar-refractivity contribution is 6.26. The summed E-state index contributed by atoms with van der Waals surface area (Å²) in [4.78, 5) is 15.7. The molecule has 4 nitrogen and oxygen atoms in total. The van der Waals surface area contributed by atoms with E-state index < -0.39 is 0 Å². The second-order valence-corrected chi connectivity index (χ2v) is 5.60. The first-order valence-corrected chi connectivity index (χ1v) is 7.04. The molecule has 0 aliphatic carbocycles. The van der Waals surface area contributed by atoms with Crippen LogP contribution in [0, 0.1) is 0 Å². The molecule has 0 radical (unpaired) electrons. The van der Waals surface area contributed by atoms with Crippen molar-refractivity contribution in [2.45, 2.75) is 6.54 Å². The van der Waals surface area contributed by atoms with Gasteiger partial charge in [-0.15, -0.1) is 0 Å². The molecule has 3 heterocycles. The minimum Gasteiger partial charge on any atom is -0.359 e. The monoisotopic (exact) mass is 275 g/mol. The van der Waals surface area contributed by atoms with Crippen LogP contribution in [0.15, 0.2) is 36.5 Å². The second kappa shape index (κ2) is 3.47. The standard InChI is InChI=1S/C17H13N3O/c1-20-12-5-3-2-4-10(12)13-14-11(8-19-17(14)21)9-6-7-18-15(9)16(13)20/h2-7,18H,8H2,1H3,(H,19,21). The quantitative estimate of drug-likeness (QED) is 0.509. The predicted octanol–water partition coefficient (Wildman–Crippen LogP) is 3.06. The molecule has 4 aromatic rings. The van der Waals surface area contributed by atoms with Crippen molar-refractivity contribution in [1.29, 1.82) is 0 Å². The number of hydrogen-bond acceptors (Lipinski definition) is 1. The average Bonchev–Trinajstić information content (AvgIpc) is 3.17. The van der Waals surface area contributed by atoms with Crippen LogP contribution in [0.2, 0.25) is 0 Å². The molecule has 0 unspecified atom stereocenters. The molecule has 1 aliphatic heterocycles. The van der Waals surface area contributed by atoms with Crippen LogP contribution in [0.4, 0.5) is 0 Å². The molecule has 0 bridgehead atoms. The smallest absolute Gasteiger partial charge is 0.252 e. The molecular formula is C17H13N3O. The van der Waals surface area contributed by atoms with Gasteiger partial charge in [-0.05, 0) is 17.7 Å². The number of aromatic nitrogens is 2. The average molecular weight is 275 g/mol. The minimum atomic E-state index is 0.0365. The van der Waals surface area contributed by atoms with Gasteiger partial charge >= 0.3 is 0 Å². The lowest BCUT2D eigenvalue weighted by atomic mass is 9.99. The summed E-state index contributed by atoms with van der Waals surface area (Å²) in [6.45, 7) is 0.613. The molecule has 4 heteroatoms. The number of fused-ring (bicyclic) bond motifs is 8. The van der Waals surface area contributed by atoms with Crippen LogP contribution in [0.25, 0.3) is 32.7 Å². The third-order valence-electron chi connectivity index (χ3n) is 4.62. The van der Waals surface area contributed by atoms with Gasteiger partial charge in [0.05, 0.1) is 16.6 Å². The molecule has 0 saturated carbocycles. The molecule has 0 spiro atoms. The van der Waals surface area contributed by atoms with Crippen LogP contribution in [-0.2, 0) is 13.6 Å². The van der Waals surface area contributed by atoms with E-state index in [0.29, 0.717) is 6.54 Å². The lowest BCUT2D eigenvalue weighted by molar-refractivity contribution is 0.0967. The zero-order chi connectivity index (χ0) is 14.1. The van der Waals surface area contributed by atoms with E-state index in [1.807, 2.05) is 18.3 Å². The van der Waals surface area contributed by atoms with E-state index in [2.05, 4.69) is 40.1 Å². The second-order valence-electron chi connectivity index (χ2n) is 5.60. The fraction of sp³-hybridized carbons (Fsp3) is 0.118. The number of carbonyl (C=O) groups is 1. The molecule has 2 N–H and O–H groups in total. The maximum atomic E-state index is 12.4. The van der Waals surface area contributed by atoms with Crippen LogP contribution in [0.1, 0.15) is 15.9 Å². The first-order chi connectivity index (χ1) is 10.3. The van der Waals surface area contributed by atoms with Gasteiger partial charge in [0, 0.05) is 41.5 Å². The Hall–Kier alpha value is -2.75. The summed E-state index contributed by atoms with van der Waals surface area (Å²) >= 11 is 0. The van der Waals surface area contributed by atoms with Crippen LogP contribution in [0.5, 0.6) is 0 Å². The number of benzene rings is 2. The number of nitrogens with one attached hydrogen (secondary N) is 2. The maximum Gasteiger partial charge on any atom is 0.252 e. The topological polar surface area (TPSA) is 49.8 Å². The number of para-hydroxylation sites is 1. The number of aryl methyl sites for hydroxylation is 1. The van der Waals surface area contributed by atoms with Crippen molar-refractivity contribution in [3.05, 3.63) is 47.7 Å². The van der Waals surface area contributed by atoms with Gasteiger partial charge in [-0.2, -0.15) is 0 Å². The van der Waals surface area contributed by atoms with E-state index in [1.54, 1.807) is 0 Å². The normalized spacial score (nSPS) is 14.2. The fourth-order valence-electron chi connectivity index (χ4n) is 3.73. The summed E-state index contributed by atoms with van der Waals surface area (Å²) in [7, 11) is 2.06. The molecule has 2 aromatic carbocycles. The van der Waals surface area contributed by atoms with Crippen molar-refractivity contribution >= 4 is 38.6 Å². The van der Waals surface area contributed by atoms with E-state index in [0.717, 1.165) is 43.8 Å². The highest BCUT2D eigenvalue weighted by Crippen LogP contribution is 2.39. The summed E-state index contributed by atoms with van der Waals surface area (Å²) in [5.41, 5.74) is 5.32. The van der Waals surface area contributed by atoms with Gasteiger partial charge in [0.25, 0.3) is 5.91 Å². The van der Waals surface area contributed by atoms with Crippen molar-refractivity contribution in [1.82, 2.24) is 14.9 Å². The third kappa shape index (κ3) is 1.14. The van der Waals surface area contributed by atoms with E-state index in [4.69, 9.17) is 0 Å². The Kier molecular flexibility index (Phi) is 1.81. The van der Waals surface area contributed by atoms with Crippen molar-refractivity contribution in [2.24, 2.45) is 7.05 Å². The Morgan fingerprint density at radius 2 is 2.00 bits per heavy atom. The van der Waals surface area contributed by atoms with E-state index >= 15 is 0 Å². The maximum absolute atomic E-state index is 12.4. The molecular weight excluding hydrogens is 262 g/mol. The predicted molar refractivity (Wildman–Crippen MR) is 83.5 cm³/mol. The van der Waals surface area contributed by atoms with E-state index in [-0.39, 0.29) is 5.91 Å². The Morgan fingerprint density at radius 1 is 1.14 bits per heavy atom. The van der Waals surface area contributed by atoms with Gasteiger partial charge in [-0.3, -0.25) is 4.79 Å². The third-order valence-corrected chi connectivity index (χ3v) is 4.62.